The van der Waals surface area contributed by atoms with Crippen LogP contribution in [0.3, 0.4) is 0 Å². The molecule has 1 aromatic heterocycles. The third kappa shape index (κ3) is 2.82. The van der Waals surface area contributed by atoms with E-state index in [2.05, 4.69) is 47.6 Å². The summed E-state index contributed by atoms with van der Waals surface area (Å²) in [5.74, 6) is 2.28. The van der Waals surface area contributed by atoms with Crippen LogP contribution < -0.4 is 5.32 Å². The second-order valence-corrected chi connectivity index (χ2v) is 5.97. The first-order valence-electron chi connectivity index (χ1n) is 6.66. The summed E-state index contributed by atoms with van der Waals surface area (Å²) < 4.78 is 0. The van der Waals surface area contributed by atoms with Gasteiger partial charge in [0.2, 0.25) is 0 Å². The highest BCUT2D eigenvalue weighted by atomic mass is 32.2. The number of rotatable bonds is 3. The Balaban J connectivity index is 1.78. The van der Waals surface area contributed by atoms with Crippen LogP contribution in [0, 0.1) is 0 Å². The fraction of sp³-hybridized carbons (Fsp3) is 0.312. The average Bonchev–Trinajstić information content (AvgIpc) is 2.48. The lowest BCUT2D eigenvalue weighted by molar-refractivity contribution is 0.495. The van der Waals surface area contributed by atoms with Crippen LogP contribution >= 0.6 is 11.8 Å². The molecule has 3 rings (SSSR count). The predicted molar refractivity (Wildman–Crippen MR) is 81.1 cm³/mol. The summed E-state index contributed by atoms with van der Waals surface area (Å²) in [4.78, 5) is 4.20. The molecular weight excluding hydrogens is 252 g/mol. The minimum absolute atomic E-state index is 0.324. The van der Waals surface area contributed by atoms with E-state index in [0.717, 1.165) is 11.5 Å². The van der Waals surface area contributed by atoms with Crippen LogP contribution in [0.15, 0.2) is 48.8 Å². The Labute approximate surface area is 118 Å². The van der Waals surface area contributed by atoms with E-state index in [1.165, 1.54) is 16.7 Å². The molecule has 2 unspecified atom stereocenters. The first-order valence-corrected chi connectivity index (χ1v) is 7.81. The van der Waals surface area contributed by atoms with Gasteiger partial charge in [0.05, 0.1) is 0 Å². The van der Waals surface area contributed by atoms with Gasteiger partial charge in [-0.2, -0.15) is 11.8 Å². The van der Waals surface area contributed by atoms with Gasteiger partial charge in [-0.1, -0.05) is 30.3 Å². The van der Waals surface area contributed by atoms with Crippen molar-refractivity contribution in [2.75, 3.05) is 5.75 Å². The second kappa shape index (κ2) is 5.76. The smallest absolute Gasteiger partial charge is 0.0419 e. The van der Waals surface area contributed by atoms with Crippen LogP contribution in [0.1, 0.15) is 35.7 Å². The number of nitrogens with zero attached hydrogens (tertiary/aromatic N) is 1. The van der Waals surface area contributed by atoms with Crippen LogP contribution in [0.4, 0.5) is 0 Å². The summed E-state index contributed by atoms with van der Waals surface area (Å²) in [6, 6.07) is 13.7. The van der Waals surface area contributed by atoms with Gasteiger partial charge in [-0.15, -0.1) is 0 Å². The molecule has 0 saturated heterocycles. The molecule has 1 aliphatic rings. The van der Waals surface area contributed by atoms with Crippen LogP contribution in [0.2, 0.25) is 0 Å². The van der Waals surface area contributed by atoms with Crippen molar-refractivity contribution < 1.29 is 0 Å². The van der Waals surface area contributed by atoms with E-state index in [1.807, 2.05) is 30.2 Å². The lowest BCUT2D eigenvalue weighted by Crippen LogP contribution is -2.29. The molecule has 2 heterocycles. The first kappa shape index (κ1) is 12.7. The molecule has 1 aromatic carbocycles. The number of thioether (sulfide) groups is 1. The Morgan fingerprint density at radius 3 is 3.00 bits per heavy atom. The molecular formula is C16H18N2S. The summed E-state index contributed by atoms with van der Waals surface area (Å²) in [5.41, 5.74) is 4.17. The van der Waals surface area contributed by atoms with Gasteiger partial charge in [-0.3, -0.25) is 4.98 Å². The highest BCUT2D eigenvalue weighted by Gasteiger charge is 2.21. The maximum atomic E-state index is 4.20. The molecule has 98 valence electrons. The summed E-state index contributed by atoms with van der Waals surface area (Å²) in [5, 5.41) is 3.73. The Bertz CT molecular complexity index is 541. The molecule has 0 fully saturated rings. The molecule has 0 amide bonds. The zero-order valence-electron chi connectivity index (χ0n) is 11.0. The number of aromatic nitrogens is 1. The monoisotopic (exact) mass is 270 g/mol. The Hall–Kier alpha value is -1.32. The lowest BCUT2D eigenvalue weighted by atomic mass is 10.0. The maximum Gasteiger partial charge on any atom is 0.0419 e. The van der Waals surface area contributed by atoms with Gasteiger partial charge in [-0.25, -0.2) is 0 Å². The van der Waals surface area contributed by atoms with Crippen molar-refractivity contribution in [3.8, 4) is 0 Å². The van der Waals surface area contributed by atoms with Crippen LogP contribution in [0.5, 0.6) is 0 Å². The van der Waals surface area contributed by atoms with Crippen LogP contribution in [0.25, 0.3) is 0 Å². The zero-order chi connectivity index (χ0) is 13.1. The van der Waals surface area contributed by atoms with Crippen molar-refractivity contribution in [1.29, 1.82) is 0 Å². The van der Waals surface area contributed by atoms with Crippen molar-refractivity contribution in [2.45, 2.75) is 24.8 Å². The fourth-order valence-electron chi connectivity index (χ4n) is 2.55. The molecule has 0 saturated carbocycles. The Kier molecular flexibility index (Phi) is 3.85. The number of hydrogen-bond acceptors (Lipinski definition) is 3. The average molecular weight is 270 g/mol. The summed E-state index contributed by atoms with van der Waals surface area (Å²) >= 11 is 2.00. The highest BCUT2D eigenvalue weighted by Crippen LogP contribution is 2.32. The molecule has 0 aliphatic carbocycles. The normalized spacial score (nSPS) is 19.7. The number of pyridine rings is 1. The van der Waals surface area contributed by atoms with Gasteiger partial charge in [0.25, 0.3) is 0 Å². The van der Waals surface area contributed by atoms with E-state index in [-0.39, 0.29) is 0 Å². The number of benzene rings is 1. The number of hydrogen-bond donors (Lipinski definition) is 1. The van der Waals surface area contributed by atoms with Gasteiger partial charge in [0.15, 0.2) is 0 Å². The topological polar surface area (TPSA) is 24.9 Å². The van der Waals surface area contributed by atoms with E-state index in [0.29, 0.717) is 12.1 Å². The van der Waals surface area contributed by atoms with E-state index < -0.39 is 0 Å². The Morgan fingerprint density at radius 2 is 2.16 bits per heavy atom. The minimum Gasteiger partial charge on any atom is -0.303 e. The molecule has 0 bridgehead atoms. The van der Waals surface area contributed by atoms with Gasteiger partial charge >= 0.3 is 0 Å². The molecule has 2 nitrogen and oxygen atoms in total. The van der Waals surface area contributed by atoms with Crippen molar-refractivity contribution in [2.24, 2.45) is 0 Å². The quantitative estimate of drug-likeness (QED) is 0.920. The highest BCUT2D eigenvalue weighted by molar-refractivity contribution is 7.98. The third-order valence-corrected chi connectivity index (χ3v) is 4.69. The predicted octanol–water partition coefficient (Wildman–Crippen LogP) is 3.72. The lowest BCUT2D eigenvalue weighted by Gasteiger charge is -2.29. The fourth-order valence-corrected chi connectivity index (χ4v) is 3.66. The van der Waals surface area contributed by atoms with E-state index in [4.69, 9.17) is 0 Å². The minimum atomic E-state index is 0.324. The molecule has 2 aromatic rings. The van der Waals surface area contributed by atoms with Crippen molar-refractivity contribution in [3.05, 3.63) is 65.5 Å². The molecule has 19 heavy (non-hydrogen) atoms. The number of nitrogens with one attached hydrogen (secondary N) is 1. The first-order chi connectivity index (χ1) is 9.34. The second-order valence-electron chi connectivity index (χ2n) is 4.94. The summed E-state index contributed by atoms with van der Waals surface area (Å²) in [6.45, 7) is 2.21. The standard InChI is InChI=1S/C16H18N2S/c1-12(13-6-4-8-17-9-13)18-16-11-19-10-14-5-2-3-7-15(14)16/h2-9,12,16,18H,10-11H2,1H3. The zero-order valence-corrected chi connectivity index (χ0v) is 11.9. The molecule has 3 heteroatoms. The van der Waals surface area contributed by atoms with Crippen molar-refractivity contribution in [1.82, 2.24) is 10.3 Å². The van der Waals surface area contributed by atoms with Crippen LogP contribution in [-0.2, 0) is 5.75 Å². The SMILES string of the molecule is CC(NC1CSCc2ccccc21)c1cccnc1. The maximum absolute atomic E-state index is 4.20. The van der Waals surface area contributed by atoms with Crippen molar-refractivity contribution in [3.63, 3.8) is 0 Å². The Morgan fingerprint density at radius 1 is 1.26 bits per heavy atom. The number of fused-ring (bicyclic) bond motifs is 1. The largest absolute Gasteiger partial charge is 0.303 e. The molecule has 0 radical (unpaired) electrons. The third-order valence-electron chi connectivity index (χ3n) is 3.61. The van der Waals surface area contributed by atoms with Crippen molar-refractivity contribution >= 4 is 11.8 Å². The van der Waals surface area contributed by atoms with Gasteiger partial charge in [0.1, 0.15) is 0 Å². The van der Waals surface area contributed by atoms with Gasteiger partial charge in [-0.05, 0) is 29.7 Å². The van der Waals surface area contributed by atoms with E-state index >= 15 is 0 Å². The molecule has 0 spiro atoms. The summed E-state index contributed by atoms with van der Waals surface area (Å²) in [7, 11) is 0. The van der Waals surface area contributed by atoms with Gasteiger partial charge in [0, 0.05) is 36.0 Å². The molecule has 1 aliphatic heterocycles. The molecule has 2 atom stereocenters. The van der Waals surface area contributed by atoms with E-state index in [9.17, 15) is 0 Å². The molecule has 1 N–H and O–H groups in total. The summed E-state index contributed by atoms with van der Waals surface area (Å²) in [6.07, 6.45) is 3.77. The van der Waals surface area contributed by atoms with Crippen LogP contribution in [-0.4, -0.2) is 10.7 Å². The van der Waals surface area contributed by atoms with E-state index in [1.54, 1.807) is 0 Å². The van der Waals surface area contributed by atoms with Gasteiger partial charge < -0.3 is 5.32 Å².